The second-order valence-electron chi connectivity index (χ2n) is 4.32. The monoisotopic (exact) mass is 289 g/mol. The van der Waals surface area contributed by atoms with E-state index in [-0.39, 0.29) is 19.1 Å². The second kappa shape index (κ2) is 7.04. The summed E-state index contributed by atoms with van der Waals surface area (Å²) < 4.78 is 1.20. The van der Waals surface area contributed by atoms with E-state index in [1.165, 1.54) is 10.9 Å². The second-order valence-corrected chi connectivity index (χ2v) is 4.32. The first-order chi connectivity index (χ1) is 10.1. The molecule has 0 spiro atoms. The maximum atomic E-state index is 11.6. The molecule has 0 unspecified atom stereocenters. The van der Waals surface area contributed by atoms with Gasteiger partial charge in [0.15, 0.2) is 0 Å². The maximum absolute atomic E-state index is 11.6. The third-order valence-electron chi connectivity index (χ3n) is 2.61. The Labute approximate surface area is 120 Å². The number of carboxylic acids is 1. The number of hydrogen-bond donors (Lipinski definition) is 3. The topological polar surface area (TPSA) is 109 Å². The fourth-order valence-corrected chi connectivity index (χ4v) is 1.65. The first-order valence-corrected chi connectivity index (χ1v) is 6.30. The van der Waals surface area contributed by atoms with Crippen LogP contribution in [0.5, 0.6) is 0 Å². The Balaban J connectivity index is 1.73. The standard InChI is InChI=1S/C13H15N5O3/c19-12(20)9-18-8-11(16-17-18)7-15-13(21)14-6-10-4-2-1-3-5-10/h1-5,8H,6-7,9H2,(H,19,20)(H2,14,15,21). The minimum absolute atomic E-state index is 0.181. The van der Waals surface area contributed by atoms with E-state index in [1.54, 1.807) is 0 Å². The van der Waals surface area contributed by atoms with Gasteiger partial charge < -0.3 is 15.7 Å². The molecule has 0 atom stereocenters. The summed E-state index contributed by atoms with van der Waals surface area (Å²) >= 11 is 0. The average Bonchev–Trinajstić information content (AvgIpc) is 2.91. The lowest BCUT2D eigenvalue weighted by Crippen LogP contribution is -2.34. The number of aliphatic carboxylic acids is 1. The molecule has 0 aliphatic heterocycles. The van der Waals surface area contributed by atoms with Crippen molar-refractivity contribution >= 4 is 12.0 Å². The number of nitrogens with zero attached hydrogens (tertiary/aromatic N) is 3. The van der Waals surface area contributed by atoms with Crippen LogP contribution in [0.2, 0.25) is 0 Å². The molecule has 0 radical (unpaired) electrons. The fourth-order valence-electron chi connectivity index (χ4n) is 1.65. The van der Waals surface area contributed by atoms with Crippen LogP contribution >= 0.6 is 0 Å². The van der Waals surface area contributed by atoms with Crippen molar-refractivity contribution < 1.29 is 14.7 Å². The van der Waals surface area contributed by atoms with Gasteiger partial charge in [0.2, 0.25) is 0 Å². The number of urea groups is 1. The van der Waals surface area contributed by atoms with Gasteiger partial charge in [0.05, 0.1) is 12.7 Å². The van der Waals surface area contributed by atoms with Crippen molar-refractivity contribution in [1.29, 1.82) is 0 Å². The SMILES string of the molecule is O=C(O)Cn1cc(CNC(=O)NCc2ccccc2)nn1. The molecule has 110 valence electrons. The predicted octanol–water partition coefficient (Wildman–Crippen LogP) is 0.362. The van der Waals surface area contributed by atoms with Gasteiger partial charge in [-0.1, -0.05) is 35.5 Å². The number of aromatic nitrogens is 3. The quantitative estimate of drug-likeness (QED) is 0.711. The van der Waals surface area contributed by atoms with Gasteiger partial charge in [0, 0.05) is 6.54 Å². The largest absolute Gasteiger partial charge is 0.480 e. The van der Waals surface area contributed by atoms with E-state index in [0.29, 0.717) is 12.2 Å². The van der Waals surface area contributed by atoms with Crippen LogP contribution in [0.3, 0.4) is 0 Å². The molecular formula is C13H15N5O3. The molecule has 8 nitrogen and oxygen atoms in total. The van der Waals surface area contributed by atoms with Gasteiger partial charge in [0.1, 0.15) is 12.2 Å². The molecule has 0 fully saturated rings. The van der Waals surface area contributed by atoms with Crippen LogP contribution in [0, 0.1) is 0 Å². The molecular weight excluding hydrogens is 274 g/mol. The van der Waals surface area contributed by atoms with Gasteiger partial charge in [0.25, 0.3) is 0 Å². The van der Waals surface area contributed by atoms with E-state index in [9.17, 15) is 9.59 Å². The minimum Gasteiger partial charge on any atom is -0.480 e. The van der Waals surface area contributed by atoms with Gasteiger partial charge in [-0.3, -0.25) is 4.79 Å². The highest BCUT2D eigenvalue weighted by Gasteiger charge is 2.06. The summed E-state index contributed by atoms with van der Waals surface area (Å²) in [6.45, 7) is 0.353. The number of carbonyl (C=O) groups excluding carboxylic acids is 1. The van der Waals surface area contributed by atoms with Crippen LogP contribution < -0.4 is 10.6 Å². The van der Waals surface area contributed by atoms with E-state index in [4.69, 9.17) is 5.11 Å². The van der Waals surface area contributed by atoms with Crippen molar-refractivity contribution in [2.75, 3.05) is 0 Å². The van der Waals surface area contributed by atoms with Crippen molar-refractivity contribution in [3.05, 3.63) is 47.8 Å². The first-order valence-electron chi connectivity index (χ1n) is 6.30. The average molecular weight is 289 g/mol. The van der Waals surface area contributed by atoms with E-state index in [1.807, 2.05) is 30.3 Å². The molecule has 3 N–H and O–H groups in total. The number of amides is 2. The molecule has 2 amide bonds. The van der Waals surface area contributed by atoms with E-state index in [0.717, 1.165) is 5.56 Å². The van der Waals surface area contributed by atoms with Crippen LogP contribution in [0.1, 0.15) is 11.3 Å². The smallest absolute Gasteiger partial charge is 0.325 e. The number of rotatable bonds is 6. The number of carboxylic acid groups (broad SMARTS) is 1. The molecule has 1 aromatic heterocycles. The van der Waals surface area contributed by atoms with Crippen LogP contribution in [0.15, 0.2) is 36.5 Å². The number of carbonyl (C=O) groups is 2. The predicted molar refractivity (Wildman–Crippen MR) is 73.2 cm³/mol. The molecule has 8 heteroatoms. The summed E-state index contributed by atoms with van der Waals surface area (Å²) in [6.07, 6.45) is 1.48. The number of hydrogen-bond acceptors (Lipinski definition) is 4. The fraction of sp³-hybridized carbons (Fsp3) is 0.231. The molecule has 1 heterocycles. The molecule has 2 rings (SSSR count). The van der Waals surface area contributed by atoms with E-state index >= 15 is 0 Å². The van der Waals surface area contributed by atoms with Crippen molar-refractivity contribution in [2.45, 2.75) is 19.6 Å². The Morgan fingerprint density at radius 2 is 1.86 bits per heavy atom. The summed E-state index contributed by atoms with van der Waals surface area (Å²) in [5, 5.41) is 21.3. The summed E-state index contributed by atoms with van der Waals surface area (Å²) in [5.74, 6) is -1.000. The van der Waals surface area contributed by atoms with Crippen molar-refractivity contribution in [1.82, 2.24) is 25.6 Å². The zero-order chi connectivity index (χ0) is 15.1. The highest BCUT2D eigenvalue weighted by Crippen LogP contribution is 1.97. The summed E-state index contributed by atoms with van der Waals surface area (Å²) in [4.78, 5) is 22.1. The van der Waals surface area contributed by atoms with Gasteiger partial charge >= 0.3 is 12.0 Å². The maximum Gasteiger partial charge on any atom is 0.325 e. The van der Waals surface area contributed by atoms with Gasteiger partial charge in [-0.05, 0) is 5.56 Å². The summed E-state index contributed by atoms with van der Waals surface area (Å²) in [7, 11) is 0. The van der Waals surface area contributed by atoms with Crippen LogP contribution in [-0.2, 0) is 24.4 Å². The van der Waals surface area contributed by atoms with Crippen LogP contribution in [-0.4, -0.2) is 32.1 Å². The molecule has 0 saturated carbocycles. The number of nitrogens with one attached hydrogen (secondary N) is 2. The molecule has 1 aromatic carbocycles. The third-order valence-corrected chi connectivity index (χ3v) is 2.61. The van der Waals surface area contributed by atoms with E-state index in [2.05, 4.69) is 20.9 Å². The Bertz CT molecular complexity index is 611. The van der Waals surface area contributed by atoms with E-state index < -0.39 is 5.97 Å². The van der Waals surface area contributed by atoms with Crippen molar-refractivity contribution in [3.63, 3.8) is 0 Å². The first kappa shape index (κ1) is 14.5. The Hall–Kier alpha value is -2.90. The van der Waals surface area contributed by atoms with Crippen molar-refractivity contribution in [3.8, 4) is 0 Å². The van der Waals surface area contributed by atoms with Crippen LogP contribution in [0.4, 0.5) is 4.79 Å². The molecule has 0 aliphatic rings. The van der Waals surface area contributed by atoms with Gasteiger partial charge in [-0.2, -0.15) is 0 Å². The molecule has 21 heavy (non-hydrogen) atoms. The Kier molecular flexibility index (Phi) is 4.86. The zero-order valence-electron chi connectivity index (χ0n) is 11.2. The molecule has 0 bridgehead atoms. The van der Waals surface area contributed by atoms with Gasteiger partial charge in [-0.25, -0.2) is 9.48 Å². The zero-order valence-corrected chi connectivity index (χ0v) is 11.2. The van der Waals surface area contributed by atoms with Gasteiger partial charge in [-0.15, -0.1) is 5.10 Å². The minimum atomic E-state index is -1.000. The lowest BCUT2D eigenvalue weighted by atomic mass is 10.2. The van der Waals surface area contributed by atoms with Crippen LogP contribution in [0.25, 0.3) is 0 Å². The highest BCUT2D eigenvalue weighted by molar-refractivity contribution is 5.73. The molecule has 2 aromatic rings. The lowest BCUT2D eigenvalue weighted by molar-refractivity contribution is -0.137. The lowest BCUT2D eigenvalue weighted by Gasteiger charge is -2.06. The normalized spacial score (nSPS) is 10.1. The number of benzene rings is 1. The molecule has 0 saturated heterocycles. The summed E-state index contributed by atoms with van der Waals surface area (Å²) in [5.41, 5.74) is 1.49. The third kappa shape index (κ3) is 4.94. The Morgan fingerprint density at radius 1 is 1.14 bits per heavy atom. The highest BCUT2D eigenvalue weighted by atomic mass is 16.4. The summed E-state index contributed by atoms with van der Waals surface area (Å²) in [6, 6.07) is 9.21. The van der Waals surface area contributed by atoms with Crippen molar-refractivity contribution in [2.24, 2.45) is 0 Å². The molecule has 0 aliphatic carbocycles. The Morgan fingerprint density at radius 3 is 2.57 bits per heavy atom.